The third kappa shape index (κ3) is 4.61. The maximum Gasteiger partial charge on any atom is 0.224 e. The number of aryl methyl sites for hydroxylation is 1. The van der Waals surface area contributed by atoms with Crippen LogP contribution in [0.5, 0.6) is 0 Å². The summed E-state index contributed by atoms with van der Waals surface area (Å²) in [5.74, 6) is 0.0527. The standard InChI is InChI=1S/C15H24N4O2/c1-19(2)6-8-21-7-5-17-14-9-11-3-4-15(20)18-13(11)10-12(14)16/h9-10,17H,3-8,16H2,1-2H3,(H,18,20). The summed E-state index contributed by atoms with van der Waals surface area (Å²) in [6.07, 6.45) is 1.29. The lowest BCUT2D eigenvalue weighted by atomic mass is 10.0. The van der Waals surface area contributed by atoms with Gasteiger partial charge in [-0.25, -0.2) is 0 Å². The molecular formula is C15H24N4O2. The van der Waals surface area contributed by atoms with Crippen LogP contribution in [0.3, 0.4) is 0 Å². The van der Waals surface area contributed by atoms with Crippen LogP contribution < -0.4 is 16.4 Å². The predicted octanol–water partition coefficient (Wildman–Crippen LogP) is 1.14. The van der Waals surface area contributed by atoms with Gasteiger partial charge < -0.3 is 26.0 Å². The fourth-order valence-electron chi connectivity index (χ4n) is 2.21. The first-order valence-electron chi connectivity index (χ1n) is 7.25. The fourth-order valence-corrected chi connectivity index (χ4v) is 2.21. The summed E-state index contributed by atoms with van der Waals surface area (Å²) >= 11 is 0. The Labute approximate surface area is 125 Å². The number of likely N-dealkylation sites (N-methyl/N-ethyl adjacent to an activating group) is 1. The van der Waals surface area contributed by atoms with Gasteiger partial charge in [0.1, 0.15) is 0 Å². The van der Waals surface area contributed by atoms with Crippen LogP contribution >= 0.6 is 0 Å². The van der Waals surface area contributed by atoms with Crippen LogP contribution in [0.4, 0.5) is 17.1 Å². The molecule has 6 heteroatoms. The molecule has 1 aromatic rings. The van der Waals surface area contributed by atoms with Gasteiger partial charge in [0.05, 0.1) is 24.6 Å². The molecule has 0 bridgehead atoms. The normalized spacial score (nSPS) is 14.0. The number of nitrogens with zero attached hydrogens (tertiary/aromatic N) is 1. The summed E-state index contributed by atoms with van der Waals surface area (Å²) in [6, 6.07) is 3.84. The summed E-state index contributed by atoms with van der Waals surface area (Å²) in [5, 5.41) is 6.13. The maximum absolute atomic E-state index is 11.4. The minimum Gasteiger partial charge on any atom is -0.397 e. The van der Waals surface area contributed by atoms with Crippen molar-refractivity contribution >= 4 is 23.0 Å². The third-order valence-electron chi connectivity index (χ3n) is 3.42. The van der Waals surface area contributed by atoms with Crippen molar-refractivity contribution in [2.24, 2.45) is 0 Å². The molecule has 1 aliphatic rings. The van der Waals surface area contributed by atoms with Crippen molar-refractivity contribution in [3.8, 4) is 0 Å². The molecule has 116 valence electrons. The van der Waals surface area contributed by atoms with Crippen LogP contribution in [0.2, 0.25) is 0 Å². The topological polar surface area (TPSA) is 79.6 Å². The van der Waals surface area contributed by atoms with E-state index in [1.807, 2.05) is 26.2 Å². The smallest absolute Gasteiger partial charge is 0.224 e. The average molecular weight is 292 g/mol. The van der Waals surface area contributed by atoms with Crippen molar-refractivity contribution in [1.29, 1.82) is 0 Å². The van der Waals surface area contributed by atoms with Gasteiger partial charge in [0.2, 0.25) is 5.91 Å². The van der Waals surface area contributed by atoms with E-state index in [1.54, 1.807) is 0 Å². The number of nitrogen functional groups attached to an aromatic ring is 1. The van der Waals surface area contributed by atoms with Crippen molar-refractivity contribution in [2.45, 2.75) is 12.8 Å². The number of rotatable bonds is 7. The number of ether oxygens (including phenoxy) is 1. The molecule has 0 aromatic heterocycles. The molecule has 1 heterocycles. The molecule has 1 aromatic carbocycles. The molecule has 1 amide bonds. The van der Waals surface area contributed by atoms with Crippen LogP contribution in [0.15, 0.2) is 12.1 Å². The number of benzene rings is 1. The molecular weight excluding hydrogens is 268 g/mol. The number of fused-ring (bicyclic) bond motifs is 1. The number of carbonyl (C=O) groups is 1. The van der Waals surface area contributed by atoms with E-state index >= 15 is 0 Å². The fraction of sp³-hybridized carbons (Fsp3) is 0.533. The highest BCUT2D eigenvalue weighted by molar-refractivity contribution is 5.95. The summed E-state index contributed by atoms with van der Waals surface area (Å²) in [6.45, 7) is 2.99. The number of nitrogens with two attached hydrogens (primary N) is 1. The molecule has 4 N–H and O–H groups in total. The lowest BCUT2D eigenvalue weighted by molar-refractivity contribution is -0.116. The molecule has 0 fully saturated rings. The quantitative estimate of drug-likeness (QED) is 0.519. The second kappa shape index (κ2) is 7.28. The molecule has 2 rings (SSSR count). The van der Waals surface area contributed by atoms with Crippen molar-refractivity contribution < 1.29 is 9.53 Å². The molecule has 0 atom stereocenters. The van der Waals surface area contributed by atoms with E-state index in [2.05, 4.69) is 15.5 Å². The predicted molar refractivity (Wildman–Crippen MR) is 85.7 cm³/mol. The zero-order chi connectivity index (χ0) is 15.2. The Morgan fingerprint density at radius 1 is 1.33 bits per heavy atom. The molecule has 1 aliphatic heterocycles. The van der Waals surface area contributed by atoms with Crippen LogP contribution in [-0.2, 0) is 16.0 Å². The highest BCUT2D eigenvalue weighted by Gasteiger charge is 2.16. The summed E-state index contributed by atoms with van der Waals surface area (Å²) < 4.78 is 5.53. The number of nitrogens with one attached hydrogen (secondary N) is 2. The molecule has 6 nitrogen and oxygen atoms in total. The highest BCUT2D eigenvalue weighted by Crippen LogP contribution is 2.30. The van der Waals surface area contributed by atoms with Crippen LogP contribution in [0, 0.1) is 0 Å². The van der Waals surface area contributed by atoms with Crippen LogP contribution in [0.25, 0.3) is 0 Å². The first-order chi connectivity index (χ1) is 10.1. The van der Waals surface area contributed by atoms with Gasteiger partial charge in [-0.1, -0.05) is 0 Å². The Balaban J connectivity index is 1.82. The molecule has 0 saturated heterocycles. The first-order valence-corrected chi connectivity index (χ1v) is 7.25. The third-order valence-corrected chi connectivity index (χ3v) is 3.42. The molecule has 0 aliphatic carbocycles. The van der Waals surface area contributed by atoms with E-state index in [-0.39, 0.29) is 5.91 Å². The minimum atomic E-state index is 0.0527. The SMILES string of the molecule is CN(C)CCOCCNc1cc2c(cc1N)NC(=O)CC2. The van der Waals surface area contributed by atoms with E-state index in [0.29, 0.717) is 25.3 Å². The number of carbonyl (C=O) groups excluding carboxylic acids is 1. The number of amides is 1. The number of hydrogen-bond acceptors (Lipinski definition) is 5. The van der Waals surface area contributed by atoms with Gasteiger partial charge in [0.15, 0.2) is 0 Å². The van der Waals surface area contributed by atoms with E-state index < -0.39 is 0 Å². The van der Waals surface area contributed by atoms with Gasteiger partial charge in [0.25, 0.3) is 0 Å². The van der Waals surface area contributed by atoms with E-state index in [1.165, 1.54) is 0 Å². The van der Waals surface area contributed by atoms with Crippen LogP contribution in [-0.4, -0.2) is 51.2 Å². The zero-order valence-electron chi connectivity index (χ0n) is 12.7. The van der Waals surface area contributed by atoms with Gasteiger partial charge in [0, 0.05) is 25.2 Å². The van der Waals surface area contributed by atoms with Crippen molar-refractivity contribution in [1.82, 2.24) is 4.90 Å². The van der Waals surface area contributed by atoms with Gasteiger partial charge in [-0.05, 0) is 38.2 Å². The molecule has 0 radical (unpaired) electrons. The minimum absolute atomic E-state index is 0.0527. The van der Waals surface area contributed by atoms with Gasteiger partial charge in [-0.3, -0.25) is 4.79 Å². The van der Waals surface area contributed by atoms with Crippen molar-refractivity contribution in [2.75, 3.05) is 56.8 Å². The second-order valence-corrected chi connectivity index (χ2v) is 5.49. The lowest BCUT2D eigenvalue weighted by Gasteiger charge is -2.20. The lowest BCUT2D eigenvalue weighted by Crippen LogP contribution is -2.21. The van der Waals surface area contributed by atoms with Gasteiger partial charge in [-0.15, -0.1) is 0 Å². The van der Waals surface area contributed by atoms with Crippen molar-refractivity contribution in [3.63, 3.8) is 0 Å². The van der Waals surface area contributed by atoms with Crippen LogP contribution in [0.1, 0.15) is 12.0 Å². The van der Waals surface area contributed by atoms with E-state index in [9.17, 15) is 4.79 Å². The Kier molecular flexibility index (Phi) is 5.41. The summed E-state index contributed by atoms with van der Waals surface area (Å²) in [7, 11) is 4.04. The Morgan fingerprint density at radius 3 is 2.90 bits per heavy atom. The van der Waals surface area contributed by atoms with Gasteiger partial charge >= 0.3 is 0 Å². The monoisotopic (exact) mass is 292 g/mol. The largest absolute Gasteiger partial charge is 0.397 e. The number of anilines is 3. The van der Waals surface area contributed by atoms with Gasteiger partial charge in [-0.2, -0.15) is 0 Å². The van der Waals surface area contributed by atoms with E-state index in [4.69, 9.17) is 10.5 Å². The molecule has 0 spiro atoms. The number of hydrogen-bond donors (Lipinski definition) is 3. The molecule has 0 saturated carbocycles. The second-order valence-electron chi connectivity index (χ2n) is 5.49. The maximum atomic E-state index is 11.4. The molecule has 21 heavy (non-hydrogen) atoms. The Morgan fingerprint density at radius 2 is 2.14 bits per heavy atom. The average Bonchev–Trinajstić information content (AvgIpc) is 2.42. The zero-order valence-corrected chi connectivity index (χ0v) is 12.7. The summed E-state index contributed by atoms with van der Waals surface area (Å²) in [5.41, 5.74) is 9.51. The van der Waals surface area contributed by atoms with Crippen molar-refractivity contribution in [3.05, 3.63) is 17.7 Å². The Hall–Kier alpha value is -1.79. The first kappa shape index (κ1) is 15.6. The van der Waals surface area contributed by atoms with E-state index in [0.717, 1.165) is 36.5 Å². The highest BCUT2D eigenvalue weighted by atomic mass is 16.5. The Bertz CT molecular complexity index is 503. The molecule has 0 unspecified atom stereocenters. The summed E-state index contributed by atoms with van der Waals surface area (Å²) in [4.78, 5) is 13.4.